The van der Waals surface area contributed by atoms with Crippen LogP contribution in [0.4, 0.5) is 5.82 Å². The van der Waals surface area contributed by atoms with Gasteiger partial charge in [0.2, 0.25) is 0 Å². The van der Waals surface area contributed by atoms with Crippen LogP contribution >= 0.6 is 0 Å². The second kappa shape index (κ2) is 19.7. The number of aromatic nitrogens is 5. The Morgan fingerprint density at radius 2 is 1.35 bits per heavy atom. The van der Waals surface area contributed by atoms with Crippen molar-refractivity contribution in [3.63, 3.8) is 0 Å². The lowest BCUT2D eigenvalue weighted by atomic mass is 10.0. The summed E-state index contributed by atoms with van der Waals surface area (Å²) < 4.78 is 30.7. The molecule has 6 heterocycles. The van der Waals surface area contributed by atoms with E-state index in [4.69, 9.17) is 29.4 Å². The summed E-state index contributed by atoms with van der Waals surface area (Å²) in [5.74, 6) is 2.25. The van der Waals surface area contributed by atoms with Gasteiger partial charge < -0.3 is 49.2 Å². The molecule has 320 valence electrons. The molecule has 4 N–H and O–H groups in total. The van der Waals surface area contributed by atoms with Crippen LogP contribution in [0.2, 0.25) is 0 Å². The maximum Gasteiger partial charge on any atom is 0.269 e. The van der Waals surface area contributed by atoms with E-state index < -0.39 is 0 Å². The Balaban J connectivity index is 0.000000197. The van der Waals surface area contributed by atoms with Crippen LogP contribution in [-0.2, 0) is 33.9 Å². The van der Waals surface area contributed by atoms with Gasteiger partial charge in [-0.25, -0.2) is 15.0 Å². The Hall–Kier alpha value is -5.50. The minimum absolute atomic E-state index is 0.00888. The van der Waals surface area contributed by atoms with Gasteiger partial charge in [0.1, 0.15) is 11.5 Å². The molecular formula is C42H54N10O8. The number of amides is 1. The molecule has 1 amide bonds. The van der Waals surface area contributed by atoms with Crippen LogP contribution in [0.1, 0.15) is 18.5 Å². The number of nitrogens with two attached hydrogens (primary N) is 1. The Morgan fingerprint density at radius 1 is 0.767 bits per heavy atom. The first kappa shape index (κ1) is 42.6. The first-order chi connectivity index (χ1) is 29.2. The minimum atomic E-state index is -0.201. The van der Waals surface area contributed by atoms with E-state index in [9.17, 15) is 14.4 Å². The average molecular weight is 827 g/mol. The summed E-state index contributed by atoms with van der Waals surface area (Å²) in [5, 5.41) is 6.30. The van der Waals surface area contributed by atoms with E-state index in [1.54, 1.807) is 37.6 Å². The van der Waals surface area contributed by atoms with Gasteiger partial charge in [-0.15, -0.1) is 0 Å². The van der Waals surface area contributed by atoms with Crippen LogP contribution in [0.15, 0.2) is 70.5 Å². The van der Waals surface area contributed by atoms with Gasteiger partial charge in [0.25, 0.3) is 17.0 Å². The van der Waals surface area contributed by atoms with E-state index in [1.165, 1.54) is 12.4 Å². The number of rotatable bonds is 13. The number of ether oxygens (including phenoxy) is 5. The zero-order valence-electron chi connectivity index (χ0n) is 34.5. The summed E-state index contributed by atoms with van der Waals surface area (Å²) in [7, 11) is 6.64. The van der Waals surface area contributed by atoms with Crippen LogP contribution in [0.5, 0.6) is 17.2 Å². The number of piperidine rings is 2. The lowest BCUT2D eigenvalue weighted by Gasteiger charge is -2.38. The van der Waals surface area contributed by atoms with E-state index in [0.29, 0.717) is 42.7 Å². The van der Waals surface area contributed by atoms with Crippen LogP contribution in [0.25, 0.3) is 22.1 Å². The molecule has 0 spiro atoms. The van der Waals surface area contributed by atoms with E-state index in [-0.39, 0.29) is 47.9 Å². The molecule has 2 fully saturated rings. The summed E-state index contributed by atoms with van der Waals surface area (Å²) in [4.78, 5) is 54.0. The number of fused-ring (bicyclic) bond motifs is 3. The molecule has 0 unspecified atom stereocenters. The summed E-state index contributed by atoms with van der Waals surface area (Å²) >= 11 is 0. The smallest absolute Gasteiger partial charge is 0.269 e. The van der Waals surface area contributed by atoms with Gasteiger partial charge in [-0.3, -0.25) is 24.2 Å². The van der Waals surface area contributed by atoms with Crippen molar-refractivity contribution in [3.8, 4) is 17.2 Å². The van der Waals surface area contributed by atoms with Gasteiger partial charge in [0.05, 0.1) is 66.6 Å². The average Bonchev–Trinajstić information content (AvgIpc) is 3.27. The fraction of sp³-hybridized carbons (Fsp3) is 0.476. The van der Waals surface area contributed by atoms with Crippen molar-refractivity contribution in [1.29, 1.82) is 0 Å². The quantitative estimate of drug-likeness (QED) is 0.154. The highest BCUT2D eigenvalue weighted by Crippen LogP contribution is 2.26. The predicted molar refractivity (Wildman–Crippen MR) is 226 cm³/mol. The monoisotopic (exact) mass is 826 g/mol. The van der Waals surface area contributed by atoms with Crippen LogP contribution in [0.3, 0.4) is 0 Å². The van der Waals surface area contributed by atoms with Crippen molar-refractivity contribution in [2.45, 2.75) is 56.8 Å². The fourth-order valence-corrected chi connectivity index (χ4v) is 7.93. The standard InChI is InChI=1S/C25H30N6O5.C17H24N4O3/c1-34-17-4-5-18-20(11-17)31(24(33)13-27-18)10-9-30-8-7-19(22(14-30)35-2)26-12-16-3-6-21-25(28-16)29-23(32)15-36-21;1-23-12-3-4-14-15(9-12)21(17(22)10-19-14)8-7-20-6-5-13(18)16(11-20)24-2/h3-6,11,13,19,22,26H,7-10,12,14-15H2,1-2H3,(H,28,29,32);3-4,9-10,13,16H,5-8,11,18H2,1-2H3/t19-,22-;13-,16-/m11/s1. The number of anilines is 1. The third-order valence-electron chi connectivity index (χ3n) is 11.4. The number of nitrogens with one attached hydrogen (secondary N) is 2. The van der Waals surface area contributed by atoms with Gasteiger partial charge in [-0.05, 0) is 62.3 Å². The lowest BCUT2D eigenvalue weighted by molar-refractivity contribution is -0.118. The fourth-order valence-electron chi connectivity index (χ4n) is 7.93. The van der Waals surface area contributed by atoms with Gasteiger partial charge in [0.15, 0.2) is 18.2 Å². The van der Waals surface area contributed by atoms with E-state index in [1.807, 2.05) is 48.5 Å². The highest BCUT2D eigenvalue weighted by Gasteiger charge is 2.30. The number of methoxy groups -OCH3 is 4. The Morgan fingerprint density at radius 3 is 1.93 bits per heavy atom. The largest absolute Gasteiger partial charge is 0.497 e. The van der Waals surface area contributed by atoms with Gasteiger partial charge in [-0.1, -0.05) is 0 Å². The first-order valence-electron chi connectivity index (χ1n) is 20.1. The maximum absolute atomic E-state index is 12.6. The number of benzene rings is 2. The Bertz CT molecular complexity index is 2390. The van der Waals surface area contributed by atoms with Crippen molar-refractivity contribution in [2.24, 2.45) is 5.73 Å². The number of pyridine rings is 1. The van der Waals surface area contributed by atoms with Gasteiger partial charge >= 0.3 is 0 Å². The molecule has 0 bridgehead atoms. The van der Waals surface area contributed by atoms with E-state index in [0.717, 1.165) is 79.9 Å². The molecule has 2 saturated heterocycles. The molecule has 0 aliphatic carbocycles. The number of hydrogen-bond acceptors (Lipinski definition) is 15. The van der Waals surface area contributed by atoms with Crippen molar-refractivity contribution >= 4 is 33.8 Å². The topological polar surface area (TPSA) is 202 Å². The SMILES string of the molecule is COc1ccc2ncc(=O)n(CCN3CC[C@@H](N)[C@H](OC)C3)c2c1.COc1ccc2ncc(=O)n(CCN3CC[C@@H](NCc4ccc5c(n4)NC(=O)CO5)[C@H](OC)C3)c2c1. The zero-order valence-corrected chi connectivity index (χ0v) is 34.5. The second-order valence-corrected chi connectivity index (χ2v) is 15.1. The normalized spacial score (nSPS) is 20.8. The number of likely N-dealkylation sites (tertiary alicyclic amines) is 2. The molecule has 3 aromatic heterocycles. The van der Waals surface area contributed by atoms with Crippen molar-refractivity contribution in [2.75, 3.05) is 79.6 Å². The molecule has 4 atom stereocenters. The Kier molecular flexibility index (Phi) is 14.0. The molecule has 18 heteroatoms. The van der Waals surface area contributed by atoms with Crippen molar-refractivity contribution < 1.29 is 28.5 Å². The molecule has 2 aromatic carbocycles. The Labute approximate surface area is 347 Å². The highest BCUT2D eigenvalue weighted by molar-refractivity contribution is 5.94. The highest BCUT2D eigenvalue weighted by atomic mass is 16.5. The summed E-state index contributed by atoms with van der Waals surface area (Å²) in [6, 6.07) is 15.1. The zero-order chi connectivity index (χ0) is 42.2. The predicted octanol–water partition coefficient (Wildman–Crippen LogP) is 1.46. The van der Waals surface area contributed by atoms with Crippen molar-refractivity contribution in [1.82, 2.24) is 39.2 Å². The molecule has 3 aliphatic rings. The van der Waals surface area contributed by atoms with Gasteiger partial charge in [0, 0.05) is 84.2 Å². The minimum Gasteiger partial charge on any atom is -0.497 e. The molecule has 0 saturated carbocycles. The molecule has 0 radical (unpaired) electrons. The summed E-state index contributed by atoms with van der Waals surface area (Å²) in [6.07, 6.45) is 4.57. The molecular weight excluding hydrogens is 773 g/mol. The molecule has 8 rings (SSSR count). The van der Waals surface area contributed by atoms with Crippen LogP contribution in [0, 0.1) is 0 Å². The number of hydrogen-bond donors (Lipinski definition) is 3. The third-order valence-corrected chi connectivity index (χ3v) is 11.4. The molecule has 5 aromatic rings. The summed E-state index contributed by atoms with van der Waals surface area (Å²) in [5.41, 5.74) is 9.74. The van der Waals surface area contributed by atoms with Crippen molar-refractivity contribution in [3.05, 3.63) is 87.3 Å². The second-order valence-electron chi connectivity index (χ2n) is 15.1. The molecule has 18 nitrogen and oxygen atoms in total. The number of carbonyl (C=O) groups excluding carboxylic acids is 1. The van der Waals surface area contributed by atoms with Crippen LogP contribution < -0.4 is 41.7 Å². The lowest BCUT2D eigenvalue weighted by Crippen LogP contribution is -2.53. The van der Waals surface area contributed by atoms with Crippen LogP contribution in [-0.4, -0.2) is 138 Å². The van der Waals surface area contributed by atoms with E-state index in [2.05, 4.69) is 35.4 Å². The van der Waals surface area contributed by atoms with E-state index >= 15 is 0 Å². The molecule has 60 heavy (non-hydrogen) atoms. The molecule has 3 aliphatic heterocycles. The number of nitrogens with zero attached hydrogens (tertiary/aromatic N) is 7. The maximum atomic E-state index is 12.6. The number of carbonyl (C=O) groups is 1. The third kappa shape index (κ3) is 10.1. The summed E-state index contributed by atoms with van der Waals surface area (Å²) in [6.45, 7) is 6.52. The van der Waals surface area contributed by atoms with Gasteiger partial charge in [-0.2, -0.15) is 0 Å². The first-order valence-corrected chi connectivity index (χ1v) is 20.1.